The smallest absolute Gasteiger partial charge is 0.382 e. The predicted octanol–water partition coefficient (Wildman–Crippen LogP) is 3.82. The highest BCUT2D eigenvalue weighted by Crippen LogP contribution is 2.27. The van der Waals surface area contributed by atoms with E-state index in [0.29, 0.717) is 0 Å². The van der Waals surface area contributed by atoms with Gasteiger partial charge in [0.1, 0.15) is 6.07 Å². The van der Waals surface area contributed by atoms with Crippen LogP contribution < -0.4 is 5.32 Å². The number of nitriles is 1. The Hall–Kier alpha value is -1.29. The molecule has 0 atom stereocenters. The van der Waals surface area contributed by atoms with Crippen LogP contribution in [0.4, 0.5) is 23.2 Å². The molecule has 1 rings (SSSR count). The molecule has 0 spiro atoms. The number of anilines is 1. The summed E-state index contributed by atoms with van der Waals surface area (Å²) in [5, 5.41) is 10.9. The zero-order chi connectivity index (χ0) is 13.1. The Labute approximate surface area is 103 Å². The van der Waals surface area contributed by atoms with Crippen molar-refractivity contribution in [2.24, 2.45) is 0 Å². The van der Waals surface area contributed by atoms with Gasteiger partial charge in [-0.15, -0.1) is 0 Å². The Morgan fingerprint density at radius 3 is 2.53 bits per heavy atom. The lowest BCUT2D eigenvalue weighted by atomic mass is 10.2. The van der Waals surface area contributed by atoms with E-state index in [0.717, 1.165) is 0 Å². The molecule has 0 aromatic heterocycles. The molecule has 0 heterocycles. The van der Waals surface area contributed by atoms with Gasteiger partial charge in [0, 0.05) is 6.54 Å². The van der Waals surface area contributed by atoms with Crippen LogP contribution in [-0.4, -0.2) is 12.7 Å². The van der Waals surface area contributed by atoms with Gasteiger partial charge in [0.25, 0.3) is 0 Å². The summed E-state index contributed by atoms with van der Waals surface area (Å²) in [6.07, 6.45) is -5.34. The maximum atomic E-state index is 13.5. The molecule has 0 fully saturated rings. The minimum Gasteiger partial charge on any atom is -0.382 e. The Bertz CT molecular complexity index is 451. The van der Waals surface area contributed by atoms with Gasteiger partial charge in [-0.3, -0.25) is 0 Å². The molecule has 0 aliphatic heterocycles. The maximum absolute atomic E-state index is 13.5. The number of hydrogen-bond donors (Lipinski definition) is 1. The van der Waals surface area contributed by atoms with E-state index in [1.807, 2.05) is 0 Å². The molecule has 0 radical (unpaired) electrons. The molecule has 7 heteroatoms. The molecule has 0 unspecified atom stereocenters. The normalized spacial score (nSPS) is 11.1. The minimum atomic E-state index is -4.28. The molecule has 0 amide bonds. The molecule has 2 nitrogen and oxygen atoms in total. The molecule has 0 saturated heterocycles. The van der Waals surface area contributed by atoms with E-state index in [4.69, 9.17) is 5.26 Å². The van der Waals surface area contributed by atoms with Crippen LogP contribution in [0, 0.1) is 17.1 Å². The van der Waals surface area contributed by atoms with Crippen molar-refractivity contribution in [3.8, 4) is 6.07 Å². The highest BCUT2D eigenvalue weighted by atomic mass is 79.9. The molecular weight excluding hydrogens is 304 g/mol. The Balaban J connectivity index is 2.74. The highest BCUT2D eigenvalue weighted by molar-refractivity contribution is 9.10. The van der Waals surface area contributed by atoms with Gasteiger partial charge in [-0.25, -0.2) is 4.39 Å². The minimum absolute atomic E-state index is 0.0583. The van der Waals surface area contributed by atoms with Gasteiger partial charge in [0.05, 0.1) is 22.1 Å². The molecule has 0 aliphatic carbocycles. The van der Waals surface area contributed by atoms with Crippen molar-refractivity contribution in [3.05, 3.63) is 28.0 Å². The van der Waals surface area contributed by atoms with Gasteiger partial charge in [-0.05, 0) is 28.1 Å². The molecular formula is C10H7BrF4N2. The van der Waals surface area contributed by atoms with Crippen molar-refractivity contribution in [1.29, 1.82) is 5.26 Å². The van der Waals surface area contributed by atoms with Gasteiger partial charge in [-0.2, -0.15) is 18.4 Å². The van der Waals surface area contributed by atoms with Gasteiger partial charge in [0.15, 0.2) is 5.82 Å². The first-order valence-electron chi connectivity index (χ1n) is 4.54. The number of halogens is 5. The third-order valence-electron chi connectivity index (χ3n) is 1.93. The first-order chi connectivity index (χ1) is 7.85. The molecule has 0 saturated carbocycles. The van der Waals surface area contributed by atoms with Crippen LogP contribution in [0.3, 0.4) is 0 Å². The van der Waals surface area contributed by atoms with Crippen molar-refractivity contribution < 1.29 is 17.6 Å². The van der Waals surface area contributed by atoms with Crippen LogP contribution in [0.1, 0.15) is 12.0 Å². The second-order valence-corrected chi connectivity index (χ2v) is 3.99. The Morgan fingerprint density at radius 1 is 1.35 bits per heavy atom. The van der Waals surface area contributed by atoms with Crippen molar-refractivity contribution >= 4 is 21.6 Å². The quantitative estimate of drug-likeness (QED) is 0.861. The fourth-order valence-electron chi connectivity index (χ4n) is 1.11. The zero-order valence-corrected chi connectivity index (χ0v) is 9.99. The summed E-state index contributed by atoms with van der Waals surface area (Å²) in [5.41, 5.74) is 0.0176. The lowest BCUT2D eigenvalue weighted by Gasteiger charge is -2.10. The fraction of sp³-hybridized carbons (Fsp3) is 0.300. The van der Waals surface area contributed by atoms with Crippen LogP contribution in [-0.2, 0) is 0 Å². The molecule has 1 aromatic rings. The van der Waals surface area contributed by atoms with E-state index < -0.39 is 25.0 Å². The van der Waals surface area contributed by atoms with Gasteiger partial charge >= 0.3 is 6.18 Å². The molecule has 17 heavy (non-hydrogen) atoms. The number of nitrogens with zero attached hydrogens (tertiary/aromatic N) is 1. The van der Waals surface area contributed by atoms with Crippen molar-refractivity contribution in [3.63, 3.8) is 0 Å². The lowest BCUT2D eigenvalue weighted by Crippen LogP contribution is -2.15. The SMILES string of the molecule is N#Cc1ccc(NCCC(F)(F)F)c(F)c1Br. The Morgan fingerprint density at radius 2 is 2.00 bits per heavy atom. The topological polar surface area (TPSA) is 35.8 Å². The average Bonchev–Trinajstić information content (AvgIpc) is 2.23. The highest BCUT2D eigenvalue weighted by Gasteiger charge is 2.26. The Kier molecular flexibility index (Phi) is 4.34. The van der Waals surface area contributed by atoms with Crippen LogP contribution in [0.2, 0.25) is 0 Å². The van der Waals surface area contributed by atoms with Crippen LogP contribution in [0.15, 0.2) is 16.6 Å². The molecule has 1 aromatic carbocycles. The summed E-state index contributed by atoms with van der Waals surface area (Å²) in [5.74, 6) is -0.772. The van der Waals surface area contributed by atoms with Gasteiger partial charge < -0.3 is 5.32 Å². The number of benzene rings is 1. The standard InChI is InChI=1S/C10H7BrF4N2/c11-8-6(5-16)1-2-7(9(8)12)17-4-3-10(13,14)15/h1-2,17H,3-4H2. The van der Waals surface area contributed by atoms with Gasteiger partial charge in [0.2, 0.25) is 0 Å². The van der Waals surface area contributed by atoms with E-state index in [-0.39, 0.29) is 15.7 Å². The fourth-order valence-corrected chi connectivity index (χ4v) is 1.55. The number of alkyl halides is 3. The molecule has 0 bridgehead atoms. The summed E-state index contributed by atoms with van der Waals surface area (Å²) in [6, 6.07) is 4.30. The molecule has 0 aliphatic rings. The summed E-state index contributed by atoms with van der Waals surface area (Å²) in [4.78, 5) is 0. The number of rotatable bonds is 3. The first kappa shape index (κ1) is 13.8. The number of nitrogens with one attached hydrogen (secondary N) is 1. The summed E-state index contributed by atoms with van der Waals surface area (Å²) < 4.78 is 49.1. The van der Waals surface area contributed by atoms with E-state index in [1.165, 1.54) is 12.1 Å². The lowest BCUT2D eigenvalue weighted by molar-refractivity contribution is -0.131. The molecule has 92 valence electrons. The van der Waals surface area contributed by atoms with E-state index in [9.17, 15) is 17.6 Å². The zero-order valence-electron chi connectivity index (χ0n) is 8.41. The van der Waals surface area contributed by atoms with Crippen LogP contribution in [0.25, 0.3) is 0 Å². The second kappa shape index (κ2) is 5.36. The van der Waals surface area contributed by atoms with Crippen molar-refractivity contribution in [1.82, 2.24) is 0 Å². The monoisotopic (exact) mass is 310 g/mol. The van der Waals surface area contributed by atoms with Crippen molar-refractivity contribution in [2.75, 3.05) is 11.9 Å². The summed E-state index contributed by atoms with van der Waals surface area (Å²) >= 11 is 2.86. The first-order valence-corrected chi connectivity index (χ1v) is 5.33. The van der Waals surface area contributed by atoms with E-state index >= 15 is 0 Å². The summed E-state index contributed by atoms with van der Waals surface area (Å²) in [7, 11) is 0. The second-order valence-electron chi connectivity index (χ2n) is 3.19. The number of hydrogen-bond acceptors (Lipinski definition) is 2. The van der Waals surface area contributed by atoms with E-state index in [2.05, 4.69) is 21.2 Å². The predicted molar refractivity (Wildman–Crippen MR) is 58.0 cm³/mol. The molecule has 1 N–H and O–H groups in total. The van der Waals surface area contributed by atoms with E-state index in [1.54, 1.807) is 6.07 Å². The van der Waals surface area contributed by atoms with Crippen LogP contribution in [0.5, 0.6) is 0 Å². The van der Waals surface area contributed by atoms with Crippen molar-refractivity contribution in [2.45, 2.75) is 12.6 Å². The summed E-state index contributed by atoms with van der Waals surface area (Å²) in [6.45, 7) is -0.418. The average molecular weight is 311 g/mol. The third-order valence-corrected chi connectivity index (χ3v) is 2.70. The largest absolute Gasteiger partial charge is 0.390 e. The van der Waals surface area contributed by atoms with Gasteiger partial charge in [-0.1, -0.05) is 0 Å². The maximum Gasteiger partial charge on any atom is 0.390 e. The third kappa shape index (κ3) is 3.89. The van der Waals surface area contributed by atoms with Crippen LogP contribution >= 0.6 is 15.9 Å².